The average Bonchev–Trinajstić information content (AvgIpc) is 3.36. The molecule has 2 aromatic carbocycles. The Hall–Kier alpha value is -3.47. The fourth-order valence-electron chi connectivity index (χ4n) is 4.13. The van der Waals surface area contributed by atoms with Gasteiger partial charge in [0.25, 0.3) is 0 Å². The Morgan fingerprint density at radius 1 is 1.11 bits per heavy atom. The Morgan fingerprint density at radius 3 is 2.58 bits per heavy atom. The van der Waals surface area contributed by atoms with Crippen LogP contribution in [0, 0.1) is 0 Å². The van der Waals surface area contributed by atoms with E-state index in [0.717, 1.165) is 24.7 Å². The fourth-order valence-corrected chi connectivity index (χ4v) is 5.09. The number of hydrogen-bond acceptors (Lipinski definition) is 7. The van der Waals surface area contributed by atoms with Crippen LogP contribution in [0.5, 0.6) is 17.2 Å². The van der Waals surface area contributed by atoms with Gasteiger partial charge in [0.2, 0.25) is 28.6 Å². The van der Waals surface area contributed by atoms with Gasteiger partial charge in [0.05, 0.1) is 19.1 Å². The van der Waals surface area contributed by atoms with Crippen LogP contribution in [0.3, 0.4) is 0 Å². The van der Waals surface area contributed by atoms with Gasteiger partial charge in [-0.05, 0) is 49.6 Å². The Labute approximate surface area is 224 Å². The molecule has 38 heavy (non-hydrogen) atoms. The molecule has 2 amide bonds. The molecule has 0 aromatic heterocycles. The van der Waals surface area contributed by atoms with Gasteiger partial charge in [-0.2, -0.15) is 0 Å². The van der Waals surface area contributed by atoms with Crippen LogP contribution >= 0.6 is 0 Å². The molecule has 208 valence electrons. The molecular formula is C27H37N3O7S. The number of nitrogens with one attached hydrogen (secondary N) is 1. The predicted octanol–water partition coefficient (Wildman–Crippen LogP) is 3.30. The predicted molar refractivity (Wildman–Crippen MR) is 145 cm³/mol. The maximum atomic E-state index is 13.4. The molecule has 1 N–H and O–H groups in total. The molecule has 1 aliphatic rings. The lowest BCUT2D eigenvalue weighted by atomic mass is 10.1. The van der Waals surface area contributed by atoms with Crippen LogP contribution < -0.4 is 23.8 Å². The third kappa shape index (κ3) is 7.77. The van der Waals surface area contributed by atoms with E-state index in [9.17, 15) is 18.0 Å². The summed E-state index contributed by atoms with van der Waals surface area (Å²) in [6.45, 7) is 4.68. The van der Waals surface area contributed by atoms with Crippen LogP contribution in [0.25, 0.3) is 0 Å². The number of carbonyl (C=O) groups is 2. The molecule has 0 bridgehead atoms. The van der Waals surface area contributed by atoms with Gasteiger partial charge in [-0.25, -0.2) is 8.42 Å². The van der Waals surface area contributed by atoms with Crippen molar-refractivity contribution in [3.8, 4) is 17.2 Å². The Bertz CT molecular complexity index is 1220. The number of sulfonamides is 1. The largest absolute Gasteiger partial charge is 0.497 e. The number of fused-ring (bicyclic) bond motifs is 1. The van der Waals surface area contributed by atoms with Gasteiger partial charge in [0.1, 0.15) is 11.8 Å². The van der Waals surface area contributed by atoms with Gasteiger partial charge in [-0.15, -0.1) is 0 Å². The molecule has 1 unspecified atom stereocenters. The lowest BCUT2D eigenvalue weighted by Gasteiger charge is -2.29. The average molecular weight is 548 g/mol. The highest BCUT2D eigenvalue weighted by molar-refractivity contribution is 7.92. The number of nitrogens with zero attached hydrogens (tertiary/aromatic N) is 2. The van der Waals surface area contributed by atoms with Crippen molar-refractivity contribution in [3.05, 3.63) is 48.0 Å². The molecule has 1 heterocycles. The second-order valence-corrected chi connectivity index (χ2v) is 11.1. The van der Waals surface area contributed by atoms with Crippen LogP contribution in [-0.4, -0.2) is 64.4 Å². The number of benzene rings is 2. The molecular weight excluding hydrogens is 510 g/mol. The van der Waals surface area contributed by atoms with E-state index in [0.29, 0.717) is 29.5 Å². The van der Waals surface area contributed by atoms with Crippen LogP contribution in [0.15, 0.2) is 42.5 Å². The number of anilines is 1. The molecule has 0 radical (unpaired) electrons. The minimum absolute atomic E-state index is 0.0626. The van der Waals surface area contributed by atoms with E-state index in [1.165, 1.54) is 9.21 Å². The number of hydrogen-bond donors (Lipinski definition) is 1. The van der Waals surface area contributed by atoms with Gasteiger partial charge < -0.3 is 24.4 Å². The Morgan fingerprint density at radius 2 is 1.87 bits per heavy atom. The lowest BCUT2D eigenvalue weighted by molar-refractivity contribution is -0.140. The van der Waals surface area contributed by atoms with E-state index < -0.39 is 16.1 Å². The molecule has 0 spiro atoms. The first-order valence-electron chi connectivity index (χ1n) is 12.7. The first kappa shape index (κ1) is 29.1. The van der Waals surface area contributed by atoms with Gasteiger partial charge in [-0.1, -0.05) is 25.5 Å². The first-order valence-corrected chi connectivity index (χ1v) is 14.6. The number of ether oxygens (including phenoxy) is 3. The fraction of sp³-hybridized carbons (Fsp3) is 0.481. The molecule has 0 saturated carbocycles. The summed E-state index contributed by atoms with van der Waals surface area (Å²) < 4.78 is 42.4. The third-order valence-electron chi connectivity index (χ3n) is 6.28. The van der Waals surface area contributed by atoms with Crippen molar-refractivity contribution in [1.82, 2.24) is 10.2 Å². The molecule has 10 nitrogen and oxygen atoms in total. The van der Waals surface area contributed by atoms with E-state index in [4.69, 9.17) is 14.2 Å². The molecule has 2 aromatic rings. The quantitative estimate of drug-likeness (QED) is 0.361. The SMILES string of the molecule is CCCCNC(=O)C(C)N(Cc1cccc(OC)c1)C(=O)CCCN(c1ccc2c(c1)OCO2)S(C)(=O)=O. The number of unbranched alkanes of at least 4 members (excludes halogenated alkanes) is 1. The number of methoxy groups -OCH3 is 1. The van der Waals surface area contributed by atoms with Gasteiger partial charge in [0, 0.05) is 32.1 Å². The summed E-state index contributed by atoms with van der Waals surface area (Å²) in [4.78, 5) is 27.8. The molecule has 0 fully saturated rings. The topological polar surface area (TPSA) is 114 Å². The number of carbonyl (C=O) groups excluding carboxylic acids is 2. The van der Waals surface area contributed by atoms with E-state index in [1.54, 1.807) is 32.2 Å². The molecule has 1 atom stereocenters. The van der Waals surface area contributed by atoms with E-state index in [-0.39, 0.29) is 44.5 Å². The Kier molecular flexibility index (Phi) is 10.2. The normalized spacial score (nSPS) is 13.1. The summed E-state index contributed by atoms with van der Waals surface area (Å²) in [5.74, 6) is 1.21. The van der Waals surface area contributed by atoms with Gasteiger partial charge in [-0.3, -0.25) is 13.9 Å². The van der Waals surface area contributed by atoms with Crippen LogP contribution in [0.1, 0.15) is 45.1 Å². The zero-order valence-corrected chi connectivity index (χ0v) is 23.3. The summed E-state index contributed by atoms with van der Waals surface area (Å²) in [5.41, 5.74) is 1.25. The van der Waals surface area contributed by atoms with Crippen molar-refractivity contribution >= 4 is 27.5 Å². The molecule has 1 aliphatic heterocycles. The summed E-state index contributed by atoms with van der Waals surface area (Å²) in [7, 11) is -2.05. The summed E-state index contributed by atoms with van der Waals surface area (Å²) in [5, 5.41) is 2.90. The number of rotatable bonds is 14. The highest BCUT2D eigenvalue weighted by Crippen LogP contribution is 2.36. The third-order valence-corrected chi connectivity index (χ3v) is 7.47. The zero-order valence-electron chi connectivity index (χ0n) is 22.4. The smallest absolute Gasteiger partial charge is 0.242 e. The van der Waals surface area contributed by atoms with E-state index in [2.05, 4.69) is 5.32 Å². The van der Waals surface area contributed by atoms with Crippen LogP contribution in [0.4, 0.5) is 5.69 Å². The maximum absolute atomic E-state index is 13.4. The molecule has 3 rings (SSSR count). The Balaban J connectivity index is 1.72. The van der Waals surface area contributed by atoms with Crippen LogP contribution in [-0.2, 0) is 26.2 Å². The molecule has 11 heteroatoms. The van der Waals surface area contributed by atoms with Crippen molar-refractivity contribution in [2.24, 2.45) is 0 Å². The van der Waals surface area contributed by atoms with Crippen molar-refractivity contribution in [2.75, 3.05) is 37.6 Å². The summed E-state index contributed by atoms with van der Waals surface area (Å²) >= 11 is 0. The van der Waals surface area contributed by atoms with E-state index in [1.807, 2.05) is 31.2 Å². The second kappa shape index (κ2) is 13.4. The highest BCUT2D eigenvalue weighted by atomic mass is 32.2. The van der Waals surface area contributed by atoms with Crippen molar-refractivity contribution in [3.63, 3.8) is 0 Å². The van der Waals surface area contributed by atoms with Gasteiger partial charge in [0.15, 0.2) is 11.5 Å². The molecule has 0 saturated heterocycles. The standard InChI is InChI=1S/C27H37N3O7S/c1-5-6-14-28-27(32)20(2)29(18-21-9-7-10-23(16-21)35-3)26(31)11-8-15-30(38(4,33)34)22-12-13-24-25(17-22)37-19-36-24/h7,9-10,12-13,16-17,20H,5-6,8,11,14-15,18-19H2,1-4H3,(H,28,32). The summed E-state index contributed by atoms with van der Waals surface area (Å²) in [6, 6.07) is 11.6. The first-order chi connectivity index (χ1) is 18.1. The minimum Gasteiger partial charge on any atom is -0.497 e. The van der Waals surface area contributed by atoms with Crippen molar-refractivity contribution < 1.29 is 32.2 Å². The van der Waals surface area contributed by atoms with Crippen molar-refractivity contribution in [2.45, 2.75) is 52.1 Å². The summed E-state index contributed by atoms with van der Waals surface area (Å²) in [6.07, 6.45) is 3.24. The molecule has 0 aliphatic carbocycles. The van der Waals surface area contributed by atoms with Crippen LogP contribution in [0.2, 0.25) is 0 Å². The lowest BCUT2D eigenvalue weighted by Crippen LogP contribution is -2.48. The minimum atomic E-state index is -3.62. The maximum Gasteiger partial charge on any atom is 0.242 e. The second-order valence-electron chi connectivity index (χ2n) is 9.17. The zero-order chi connectivity index (χ0) is 27.7. The van der Waals surface area contributed by atoms with E-state index >= 15 is 0 Å². The van der Waals surface area contributed by atoms with Gasteiger partial charge >= 0.3 is 0 Å². The monoisotopic (exact) mass is 547 g/mol. The number of amides is 2. The van der Waals surface area contributed by atoms with Crippen molar-refractivity contribution in [1.29, 1.82) is 0 Å². The highest BCUT2D eigenvalue weighted by Gasteiger charge is 2.27.